The molecule has 1 aliphatic carbocycles. The maximum atomic E-state index is 13.3. The lowest BCUT2D eigenvalue weighted by atomic mass is 9.90. The largest absolute Gasteiger partial charge is 0.339 e. The molecule has 1 atom stereocenters. The van der Waals surface area contributed by atoms with Crippen LogP contribution in [0.2, 0.25) is 0 Å². The smallest absolute Gasteiger partial charge is 0.246 e. The van der Waals surface area contributed by atoms with Gasteiger partial charge in [-0.3, -0.25) is 9.59 Å². The first kappa shape index (κ1) is 21.1. The standard InChI is InChI=1S/C22H24F2N4O3/c1-14-19(26-31-25-14)13-27(2)21(30)18-12-22(18)5-7-28(8-6-22)20(29)4-3-15-9-16(23)11-17(24)10-15/h3-4,9-11,18H,5-8,12-13H2,1-2H3/b4-3+. The molecule has 0 bridgehead atoms. The van der Waals surface area contributed by atoms with E-state index < -0.39 is 11.6 Å². The highest BCUT2D eigenvalue weighted by atomic mass is 19.1. The van der Waals surface area contributed by atoms with Crippen molar-refractivity contribution in [1.82, 2.24) is 20.1 Å². The molecule has 1 saturated carbocycles. The first-order chi connectivity index (χ1) is 14.8. The molecular formula is C22H24F2N4O3. The maximum absolute atomic E-state index is 13.3. The van der Waals surface area contributed by atoms with Crippen LogP contribution in [0.5, 0.6) is 0 Å². The quantitative estimate of drug-likeness (QED) is 0.682. The van der Waals surface area contributed by atoms with Crippen molar-refractivity contribution in [2.24, 2.45) is 11.3 Å². The van der Waals surface area contributed by atoms with Gasteiger partial charge in [-0.15, -0.1) is 0 Å². The molecule has 1 aromatic heterocycles. The van der Waals surface area contributed by atoms with Gasteiger partial charge in [-0.2, -0.15) is 0 Å². The van der Waals surface area contributed by atoms with Crippen LogP contribution in [-0.4, -0.2) is 52.1 Å². The molecule has 2 aliphatic rings. The molecule has 1 aliphatic heterocycles. The number of likely N-dealkylation sites (tertiary alicyclic amines) is 1. The number of hydrogen-bond donors (Lipinski definition) is 0. The Morgan fingerprint density at radius 1 is 1.23 bits per heavy atom. The first-order valence-corrected chi connectivity index (χ1v) is 10.2. The third-order valence-corrected chi connectivity index (χ3v) is 6.37. The molecule has 1 aromatic carbocycles. The van der Waals surface area contributed by atoms with Gasteiger partial charge >= 0.3 is 0 Å². The summed E-state index contributed by atoms with van der Waals surface area (Å²) in [5, 5.41) is 7.56. The minimum absolute atomic E-state index is 0.0410. The number of carbonyl (C=O) groups excluding carboxylic acids is 2. The van der Waals surface area contributed by atoms with Crippen molar-refractivity contribution in [2.45, 2.75) is 32.7 Å². The molecule has 2 fully saturated rings. The van der Waals surface area contributed by atoms with Crippen molar-refractivity contribution in [3.05, 3.63) is 52.9 Å². The first-order valence-electron chi connectivity index (χ1n) is 10.2. The van der Waals surface area contributed by atoms with Crippen LogP contribution in [0.3, 0.4) is 0 Å². The van der Waals surface area contributed by atoms with Crippen LogP contribution in [0.1, 0.15) is 36.2 Å². The molecule has 9 heteroatoms. The lowest BCUT2D eigenvalue weighted by Gasteiger charge is -2.32. The summed E-state index contributed by atoms with van der Waals surface area (Å²) >= 11 is 0. The van der Waals surface area contributed by atoms with Gasteiger partial charge in [0.05, 0.1) is 6.54 Å². The Bertz CT molecular complexity index is 1010. The van der Waals surface area contributed by atoms with Crippen molar-refractivity contribution in [3.63, 3.8) is 0 Å². The van der Waals surface area contributed by atoms with Gasteiger partial charge in [0.25, 0.3) is 0 Å². The molecule has 0 radical (unpaired) electrons. The van der Waals surface area contributed by atoms with Gasteiger partial charge < -0.3 is 9.80 Å². The molecule has 1 spiro atoms. The zero-order chi connectivity index (χ0) is 22.2. The number of benzene rings is 1. The number of nitrogens with zero attached hydrogens (tertiary/aromatic N) is 4. The summed E-state index contributed by atoms with van der Waals surface area (Å²) in [7, 11) is 1.75. The van der Waals surface area contributed by atoms with Crippen LogP contribution >= 0.6 is 0 Å². The van der Waals surface area contributed by atoms with Gasteiger partial charge in [-0.25, -0.2) is 13.4 Å². The van der Waals surface area contributed by atoms with Crippen LogP contribution in [0.25, 0.3) is 6.08 Å². The summed E-state index contributed by atoms with van der Waals surface area (Å²) in [6.07, 6.45) is 5.10. The number of rotatable bonds is 5. The van der Waals surface area contributed by atoms with Crippen LogP contribution in [0.4, 0.5) is 8.78 Å². The van der Waals surface area contributed by atoms with E-state index in [1.807, 2.05) is 0 Å². The Hall–Kier alpha value is -3.10. The highest BCUT2D eigenvalue weighted by molar-refractivity contribution is 5.92. The average Bonchev–Trinajstić information content (AvgIpc) is 3.27. The predicted molar refractivity (Wildman–Crippen MR) is 107 cm³/mol. The summed E-state index contributed by atoms with van der Waals surface area (Å²) in [5.74, 6) is -1.53. The van der Waals surface area contributed by atoms with E-state index in [0.29, 0.717) is 36.6 Å². The number of piperidine rings is 1. The van der Waals surface area contributed by atoms with Gasteiger partial charge in [-0.1, -0.05) is 10.3 Å². The molecule has 0 N–H and O–H groups in total. The Morgan fingerprint density at radius 3 is 2.52 bits per heavy atom. The number of hydrogen-bond acceptors (Lipinski definition) is 5. The minimum atomic E-state index is -0.684. The van der Waals surface area contributed by atoms with Crippen molar-refractivity contribution in [3.8, 4) is 0 Å². The third-order valence-electron chi connectivity index (χ3n) is 6.37. The van der Waals surface area contributed by atoms with E-state index in [2.05, 4.69) is 14.9 Å². The van der Waals surface area contributed by atoms with Crippen LogP contribution in [0, 0.1) is 29.9 Å². The number of amides is 2. The van der Waals surface area contributed by atoms with Gasteiger partial charge in [0.15, 0.2) is 0 Å². The zero-order valence-corrected chi connectivity index (χ0v) is 17.5. The summed E-state index contributed by atoms with van der Waals surface area (Å²) < 4.78 is 31.2. The molecule has 7 nitrogen and oxygen atoms in total. The topological polar surface area (TPSA) is 79.5 Å². The van der Waals surface area contributed by atoms with Crippen LogP contribution in [-0.2, 0) is 16.1 Å². The van der Waals surface area contributed by atoms with Gasteiger partial charge in [0.1, 0.15) is 23.0 Å². The Kier molecular flexibility index (Phi) is 5.60. The second kappa shape index (κ2) is 8.20. The fourth-order valence-corrected chi connectivity index (χ4v) is 4.33. The molecule has 164 valence electrons. The Morgan fingerprint density at radius 2 is 1.90 bits per heavy atom. The zero-order valence-electron chi connectivity index (χ0n) is 17.5. The average molecular weight is 430 g/mol. The Balaban J connectivity index is 1.29. The van der Waals surface area contributed by atoms with Crippen molar-refractivity contribution in [1.29, 1.82) is 0 Å². The molecule has 2 aromatic rings. The monoisotopic (exact) mass is 430 g/mol. The van der Waals surface area contributed by atoms with Crippen LogP contribution < -0.4 is 0 Å². The summed E-state index contributed by atoms with van der Waals surface area (Å²) in [4.78, 5) is 28.7. The number of aryl methyl sites for hydroxylation is 1. The predicted octanol–water partition coefficient (Wildman–Crippen LogP) is 2.96. The fraction of sp³-hybridized carbons (Fsp3) is 0.455. The number of carbonyl (C=O) groups is 2. The summed E-state index contributed by atoms with van der Waals surface area (Å²) in [6.45, 7) is 3.26. The molecule has 4 rings (SSSR count). The lowest BCUT2D eigenvalue weighted by molar-refractivity contribution is -0.133. The van der Waals surface area contributed by atoms with Crippen molar-refractivity contribution in [2.75, 3.05) is 20.1 Å². The van der Waals surface area contributed by atoms with E-state index in [1.165, 1.54) is 24.3 Å². The molecule has 1 unspecified atom stereocenters. The van der Waals surface area contributed by atoms with E-state index in [-0.39, 0.29) is 23.1 Å². The van der Waals surface area contributed by atoms with E-state index in [1.54, 1.807) is 23.8 Å². The van der Waals surface area contributed by atoms with E-state index in [0.717, 1.165) is 25.3 Å². The van der Waals surface area contributed by atoms with Crippen molar-refractivity contribution >= 4 is 17.9 Å². The number of halogens is 2. The number of aromatic nitrogens is 2. The Labute approximate surface area is 178 Å². The van der Waals surface area contributed by atoms with Gasteiger partial charge in [0, 0.05) is 38.2 Å². The summed E-state index contributed by atoms with van der Waals surface area (Å²) in [5.41, 5.74) is 1.57. The molecular weight excluding hydrogens is 406 g/mol. The normalized spacial score (nSPS) is 19.7. The highest BCUT2D eigenvalue weighted by Crippen LogP contribution is 2.60. The van der Waals surface area contributed by atoms with Crippen LogP contribution in [0.15, 0.2) is 28.9 Å². The maximum Gasteiger partial charge on any atom is 0.246 e. The third kappa shape index (κ3) is 4.50. The SMILES string of the molecule is Cc1nonc1CN(C)C(=O)C1CC12CCN(C(=O)/C=C/c1cc(F)cc(F)c1)CC2. The second-order valence-corrected chi connectivity index (χ2v) is 8.47. The lowest BCUT2D eigenvalue weighted by Crippen LogP contribution is -2.40. The highest BCUT2D eigenvalue weighted by Gasteiger charge is 2.59. The fourth-order valence-electron chi connectivity index (χ4n) is 4.33. The van der Waals surface area contributed by atoms with E-state index in [9.17, 15) is 18.4 Å². The molecule has 2 amide bonds. The molecule has 1 saturated heterocycles. The van der Waals surface area contributed by atoms with E-state index in [4.69, 9.17) is 0 Å². The van der Waals surface area contributed by atoms with E-state index >= 15 is 0 Å². The second-order valence-electron chi connectivity index (χ2n) is 8.47. The molecule has 2 heterocycles. The molecule has 31 heavy (non-hydrogen) atoms. The minimum Gasteiger partial charge on any atom is -0.339 e. The van der Waals surface area contributed by atoms with Gasteiger partial charge in [0.2, 0.25) is 11.8 Å². The van der Waals surface area contributed by atoms with Crippen molar-refractivity contribution < 1.29 is 23.0 Å². The summed E-state index contributed by atoms with van der Waals surface area (Å²) in [6, 6.07) is 3.13. The van der Waals surface area contributed by atoms with Gasteiger partial charge in [-0.05, 0) is 55.4 Å².